The van der Waals surface area contributed by atoms with Gasteiger partial charge in [0.25, 0.3) is 0 Å². The first-order valence-corrected chi connectivity index (χ1v) is 5.95. The Morgan fingerprint density at radius 2 is 2.12 bits per heavy atom. The number of hydrogen-bond donors (Lipinski definition) is 3. The lowest BCUT2D eigenvalue weighted by molar-refractivity contribution is -0.122. The number of nitrogens with one attached hydrogen (secondary N) is 2. The summed E-state index contributed by atoms with van der Waals surface area (Å²) in [7, 11) is 1.63. The highest BCUT2D eigenvalue weighted by Crippen LogP contribution is 2.19. The summed E-state index contributed by atoms with van der Waals surface area (Å²) < 4.78 is 0. The van der Waals surface area contributed by atoms with E-state index in [1.165, 1.54) is 0 Å². The monoisotopic (exact) mass is 229 g/mol. The van der Waals surface area contributed by atoms with E-state index in [2.05, 4.69) is 10.6 Å². The van der Waals surface area contributed by atoms with E-state index in [1.807, 2.05) is 11.8 Å². The summed E-state index contributed by atoms with van der Waals surface area (Å²) in [5.74, 6) is -0.000570. The normalized spacial score (nSPS) is 19.8. The minimum Gasteiger partial charge on any atom is -0.388 e. The van der Waals surface area contributed by atoms with Crippen LogP contribution in [-0.4, -0.2) is 61.3 Å². The van der Waals surface area contributed by atoms with E-state index in [4.69, 9.17) is 0 Å². The molecule has 0 aromatic carbocycles. The largest absolute Gasteiger partial charge is 0.388 e. The number of carbonyl (C=O) groups is 1. The topological polar surface area (TPSA) is 64.6 Å². The van der Waals surface area contributed by atoms with Gasteiger partial charge in [-0.05, 0) is 32.5 Å². The maximum absolute atomic E-state index is 11.3. The zero-order valence-electron chi connectivity index (χ0n) is 10.3. The van der Waals surface area contributed by atoms with Gasteiger partial charge in [0.1, 0.15) is 0 Å². The van der Waals surface area contributed by atoms with Crippen LogP contribution >= 0.6 is 0 Å². The number of carbonyl (C=O) groups excluding carboxylic acids is 1. The number of likely N-dealkylation sites (N-methyl/N-ethyl adjacent to an activating group) is 2. The standard InChI is InChI=1S/C11H23N3O2/c1-3-14(8-10(15)12-2)9-11(16)4-6-13-7-5-11/h13,16H,3-9H2,1-2H3,(H,12,15). The van der Waals surface area contributed by atoms with Crippen LogP contribution in [0.1, 0.15) is 19.8 Å². The average molecular weight is 229 g/mol. The van der Waals surface area contributed by atoms with Crippen molar-refractivity contribution in [2.45, 2.75) is 25.4 Å². The predicted octanol–water partition coefficient (Wildman–Crippen LogP) is -0.831. The lowest BCUT2D eigenvalue weighted by Gasteiger charge is -2.36. The van der Waals surface area contributed by atoms with E-state index >= 15 is 0 Å². The van der Waals surface area contributed by atoms with Crippen LogP contribution < -0.4 is 10.6 Å². The molecule has 3 N–H and O–H groups in total. The van der Waals surface area contributed by atoms with Crippen LogP contribution in [0.5, 0.6) is 0 Å². The van der Waals surface area contributed by atoms with Gasteiger partial charge in [0.05, 0.1) is 12.1 Å². The number of hydrogen-bond acceptors (Lipinski definition) is 4. The lowest BCUT2D eigenvalue weighted by Crippen LogP contribution is -2.51. The number of amides is 1. The fourth-order valence-electron chi connectivity index (χ4n) is 2.03. The first-order chi connectivity index (χ1) is 7.59. The van der Waals surface area contributed by atoms with Crippen molar-refractivity contribution in [3.8, 4) is 0 Å². The third kappa shape index (κ3) is 4.08. The molecule has 94 valence electrons. The van der Waals surface area contributed by atoms with Crippen molar-refractivity contribution >= 4 is 5.91 Å². The summed E-state index contributed by atoms with van der Waals surface area (Å²) in [4.78, 5) is 13.3. The van der Waals surface area contributed by atoms with Crippen LogP contribution in [0.4, 0.5) is 0 Å². The molecule has 0 aromatic heterocycles. The van der Waals surface area contributed by atoms with Crippen LogP contribution in [0.15, 0.2) is 0 Å². The van der Waals surface area contributed by atoms with Crippen molar-refractivity contribution in [3.63, 3.8) is 0 Å². The van der Waals surface area contributed by atoms with Gasteiger partial charge in [-0.2, -0.15) is 0 Å². The molecule has 1 fully saturated rings. The van der Waals surface area contributed by atoms with Gasteiger partial charge in [-0.3, -0.25) is 9.69 Å². The van der Waals surface area contributed by atoms with Crippen molar-refractivity contribution in [3.05, 3.63) is 0 Å². The van der Waals surface area contributed by atoms with E-state index in [0.717, 1.165) is 32.5 Å². The van der Waals surface area contributed by atoms with Gasteiger partial charge in [0.2, 0.25) is 5.91 Å². The van der Waals surface area contributed by atoms with Gasteiger partial charge in [0.15, 0.2) is 0 Å². The third-order valence-corrected chi connectivity index (χ3v) is 3.15. The smallest absolute Gasteiger partial charge is 0.233 e. The molecule has 5 nitrogen and oxygen atoms in total. The lowest BCUT2D eigenvalue weighted by atomic mass is 9.92. The highest BCUT2D eigenvalue weighted by atomic mass is 16.3. The molecule has 0 aliphatic carbocycles. The van der Waals surface area contributed by atoms with Crippen molar-refractivity contribution in [2.75, 3.05) is 39.8 Å². The second-order valence-corrected chi connectivity index (χ2v) is 4.45. The molecule has 0 aromatic rings. The summed E-state index contributed by atoms with van der Waals surface area (Å²) in [5, 5.41) is 16.2. The van der Waals surface area contributed by atoms with Gasteiger partial charge < -0.3 is 15.7 Å². The van der Waals surface area contributed by atoms with Crippen LogP contribution in [0, 0.1) is 0 Å². The highest BCUT2D eigenvalue weighted by molar-refractivity contribution is 5.77. The van der Waals surface area contributed by atoms with Gasteiger partial charge >= 0.3 is 0 Å². The van der Waals surface area contributed by atoms with E-state index < -0.39 is 5.60 Å². The third-order valence-electron chi connectivity index (χ3n) is 3.15. The fourth-order valence-corrected chi connectivity index (χ4v) is 2.03. The maximum atomic E-state index is 11.3. The molecule has 1 rings (SSSR count). The molecule has 1 aliphatic heterocycles. The fraction of sp³-hybridized carbons (Fsp3) is 0.909. The van der Waals surface area contributed by atoms with Crippen LogP contribution in [0.25, 0.3) is 0 Å². The van der Waals surface area contributed by atoms with Gasteiger partial charge in [-0.15, -0.1) is 0 Å². The second kappa shape index (κ2) is 6.18. The van der Waals surface area contributed by atoms with E-state index in [1.54, 1.807) is 7.05 Å². The minimum absolute atomic E-state index is 0.000570. The Morgan fingerprint density at radius 1 is 1.50 bits per heavy atom. The Hall–Kier alpha value is -0.650. The van der Waals surface area contributed by atoms with E-state index in [0.29, 0.717) is 13.1 Å². The second-order valence-electron chi connectivity index (χ2n) is 4.45. The zero-order chi connectivity index (χ0) is 12.0. The minimum atomic E-state index is -0.630. The molecule has 1 aliphatic rings. The molecule has 5 heteroatoms. The Labute approximate surface area is 97.2 Å². The summed E-state index contributed by atoms with van der Waals surface area (Å²) in [6.45, 7) is 5.44. The average Bonchev–Trinajstić information content (AvgIpc) is 2.28. The van der Waals surface area contributed by atoms with Gasteiger partial charge in [0, 0.05) is 13.6 Å². The predicted molar refractivity (Wildman–Crippen MR) is 63.2 cm³/mol. The molecule has 0 radical (unpaired) electrons. The molecule has 1 heterocycles. The maximum Gasteiger partial charge on any atom is 0.233 e. The highest BCUT2D eigenvalue weighted by Gasteiger charge is 2.31. The van der Waals surface area contributed by atoms with Crippen LogP contribution in [0.3, 0.4) is 0 Å². The van der Waals surface area contributed by atoms with Gasteiger partial charge in [-0.25, -0.2) is 0 Å². The molecule has 0 atom stereocenters. The van der Waals surface area contributed by atoms with Gasteiger partial charge in [-0.1, -0.05) is 6.92 Å². The molecule has 0 bridgehead atoms. The molecule has 0 unspecified atom stereocenters. The summed E-state index contributed by atoms with van der Waals surface area (Å²) in [6, 6.07) is 0. The number of nitrogens with zero attached hydrogens (tertiary/aromatic N) is 1. The SMILES string of the molecule is CCN(CC(=O)NC)CC1(O)CCNCC1. The van der Waals surface area contributed by atoms with Crippen molar-refractivity contribution in [2.24, 2.45) is 0 Å². The first kappa shape index (κ1) is 13.4. The van der Waals surface area contributed by atoms with Crippen molar-refractivity contribution in [1.29, 1.82) is 0 Å². The van der Waals surface area contributed by atoms with E-state index in [-0.39, 0.29) is 5.91 Å². The zero-order valence-corrected chi connectivity index (χ0v) is 10.3. The van der Waals surface area contributed by atoms with Crippen molar-refractivity contribution in [1.82, 2.24) is 15.5 Å². The number of rotatable bonds is 5. The number of piperidine rings is 1. The molecule has 16 heavy (non-hydrogen) atoms. The Balaban J connectivity index is 2.44. The molecular formula is C11H23N3O2. The summed E-state index contributed by atoms with van der Waals surface area (Å²) in [5.41, 5.74) is -0.630. The number of aliphatic hydroxyl groups is 1. The Bertz CT molecular complexity index is 227. The summed E-state index contributed by atoms with van der Waals surface area (Å²) in [6.07, 6.45) is 1.52. The summed E-state index contributed by atoms with van der Waals surface area (Å²) >= 11 is 0. The Kier molecular flexibility index (Phi) is 5.18. The van der Waals surface area contributed by atoms with E-state index in [9.17, 15) is 9.90 Å². The quantitative estimate of drug-likeness (QED) is 0.576. The van der Waals surface area contributed by atoms with Crippen LogP contribution in [-0.2, 0) is 4.79 Å². The molecule has 0 spiro atoms. The first-order valence-electron chi connectivity index (χ1n) is 5.95. The molecule has 1 saturated heterocycles. The molecular weight excluding hydrogens is 206 g/mol. The Morgan fingerprint density at radius 3 is 2.62 bits per heavy atom. The molecule has 0 saturated carbocycles. The molecule has 1 amide bonds. The van der Waals surface area contributed by atoms with Crippen LogP contribution in [0.2, 0.25) is 0 Å². The van der Waals surface area contributed by atoms with Crippen molar-refractivity contribution < 1.29 is 9.90 Å².